The number of aromatic amines is 1. The molecule has 0 atom stereocenters. The number of carbonyl (C=O) groups excluding carboxylic acids is 1. The zero-order chi connectivity index (χ0) is 16.2. The SMILES string of the molecule is Cc1cccc(-c2n[nH]c(=S)n2CCC(=O)N2CCCCC2)c1. The van der Waals surface area contributed by atoms with Gasteiger partial charge in [0.25, 0.3) is 0 Å². The molecule has 0 bridgehead atoms. The van der Waals surface area contributed by atoms with Crippen molar-refractivity contribution < 1.29 is 4.79 Å². The maximum atomic E-state index is 12.4. The number of nitrogens with zero attached hydrogens (tertiary/aromatic N) is 3. The topological polar surface area (TPSA) is 53.9 Å². The van der Waals surface area contributed by atoms with Crippen molar-refractivity contribution in [2.24, 2.45) is 0 Å². The molecule has 1 fully saturated rings. The van der Waals surface area contributed by atoms with E-state index in [1.807, 2.05) is 21.6 Å². The van der Waals surface area contributed by atoms with Crippen LogP contribution in [0.2, 0.25) is 0 Å². The number of likely N-dealkylation sites (tertiary alicyclic amines) is 1. The van der Waals surface area contributed by atoms with Gasteiger partial charge in [-0.2, -0.15) is 5.10 Å². The molecule has 1 aliphatic rings. The third-order valence-corrected chi connectivity index (χ3v) is 4.60. The van der Waals surface area contributed by atoms with Crippen molar-refractivity contribution in [3.05, 3.63) is 34.6 Å². The molecule has 0 unspecified atom stereocenters. The minimum absolute atomic E-state index is 0.211. The Morgan fingerprint density at radius 3 is 2.83 bits per heavy atom. The Hall–Kier alpha value is -1.95. The summed E-state index contributed by atoms with van der Waals surface area (Å²) >= 11 is 5.33. The average molecular weight is 330 g/mol. The zero-order valence-electron chi connectivity index (χ0n) is 13.4. The fourth-order valence-corrected chi connectivity index (χ4v) is 3.26. The summed E-state index contributed by atoms with van der Waals surface area (Å²) in [6.45, 7) is 4.39. The van der Waals surface area contributed by atoms with Gasteiger partial charge in [0.15, 0.2) is 10.6 Å². The van der Waals surface area contributed by atoms with Gasteiger partial charge in [0.1, 0.15) is 0 Å². The Morgan fingerprint density at radius 2 is 2.09 bits per heavy atom. The van der Waals surface area contributed by atoms with E-state index in [1.165, 1.54) is 12.0 Å². The van der Waals surface area contributed by atoms with Crippen molar-refractivity contribution in [3.63, 3.8) is 0 Å². The van der Waals surface area contributed by atoms with Gasteiger partial charge in [-0.1, -0.05) is 23.8 Å². The number of carbonyl (C=O) groups is 1. The maximum absolute atomic E-state index is 12.4. The summed E-state index contributed by atoms with van der Waals surface area (Å²) in [5.41, 5.74) is 2.19. The molecule has 1 amide bonds. The average Bonchev–Trinajstić information content (AvgIpc) is 2.94. The van der Waals surface area contributed by atoms with Crippen LogP contribution in [-0.4, -0.2) is 38.7 Å². The second-order valence-corrected chi connectivity index (χ2v) is 6.45. The molecule has 5 nitrogen and oxygen atoms in total. The smallest absolute Gasteiger partial charge is 0.224 e. The lowest BCUT2D eigenvalue weighted by Gasteiger charge is -2.26. The third kappa shape index (κ3) is 3.69. The molecule has 6 heteroatoms. The number of benzene rings is 1. The van der Waals surface area contributed by atoms with Crippen LogP contribution in [0.4, 0.5) is 0 Å². The summed E-state index contributed by atoms with van der Waals surface area (Å²) in [5.74, 6) is 1.01. The van der Waals surface area contributed by atoms with E-state index in [2.05, 4.69) is 29.3 Å². The molecule has 1 saturated heterocycles. The molecule has 1 aromatic carbocycles. The molecule has 0 spiro atoms. The van der Waals surface area contributed by atoms with Crippen molar-refractivity contribution in [1.82, 2.24) is 19.7 Å². The van der Waals surface area contributed by atoms with Crippen molar-refractivity contribution in [3.8, 4) is 11.4 Å². The van der Waals surface area contributed by atoms with E-state index in [1.54, 1.807) is 0 Å². The highest BCUT2D eigenvalue weighted by atomic mass is 32.1. The van der Waals surface area contributed by atoms with Gasteiger partial charge in [0.2, 0.25) is 5.91 Å². The Balaban J connectivity index is 1.74. The first-order valence-corrected chi connectivity index (χ1v) is 8.56. The highest BCUT2D eigenvalue weighted by Crippen LogP contribution is 2.19. The predicted octanol–water partition coefficient (Wildman–Crippen LogP) is 3.32. The summed E-state index contributed by atoms with van der Waals surface area (Å²) in [5, 5.41) is 7.19. The van der Waals surface area contributed by atoms with Crippen LogP contribution in [0.15, 0.2) is 24.3 Å². The fraction of sp³-hybridized carbons (Fsp3) is 0.471. The molecule has 122 valence electrons. The van der Waals surface area contributed by atoms with Crippen LogP contribution in [0.1, 0.15) is 31.2 Å². The Bertz CT molecular complexity index is 743. The van der Waals surface area contributed by atoms with Gasteiger partial charge in [-0.25, -0.2) is 0 Å². The number of H-pyrrole nitrogens is 1. The Kier molecular flexibility index (Phi) is 4.91. The molecule has 1 aliphatic heterocycles. The van der Waals surface area contributed by atoms with Gasteiger partial charge < -0.3 is 4.90 Å². The fourth-order valence-electron chi connectivity index (χ4n) is 3.04. The van der Waals surface area contributed by atoms with Crippen LogP contribution in [0.3, 0.4) is 0 Å². The van der Waals surface area contributed by atoms with Crippen LogP contribution in [0.5, 0.6) is 0 Å². The highest BCUT2D eigenvalue weighted by Gasteiger charge is 2.17. The molecule has 1 aromatic heterocycles. The highest BCUT2D eigenvalue weighted by molar-refractivity contribution is 7.71. The number of piperidine rings is 1. The number of nitrogens with one attached hydrogen (secondary N) is 1. The minimum Gasteiger partial charge on any atom is -0.343 e. The second kappa shape index (κ2) is 7.08. The second-order valence-electron chi connectivity index (χ2n) is 6.06. The molecule has 0 radical (unpaired) electrons. The van der Waals surface area contributed by atoms with E-state index in [9.17, 15) is 4.79 Å². The molecule has 2 heterocycles. The van der Waals surface area contributed by atoms with Crippen molar-refractivity contribution >= 4 is 18.1 Å². The molecular formula is C17H22N4OS. The van der Waals surface area contributed by atoms with Crippen molar-refractivity contribution in [1.29, 1.82) is 0 Å². The molecular weight excluding hydrogens is 308 g/mol. The molecule has 1 N–H and O–H groups in total. The minimum atomic E-state index is 0.211. The number of amides is 1. The van der Waals surface area contributed by atoms with Gasteiger partial charge in [-0.05, 0) is 44.5 Å². The third-order valence-electron chi connectivity index (χ3n) is 4.29. The first kappa shape index (κ1) is 15.9. The van der Waals surface area contributed by atoms with Crippen LogP contribution >= 0.6 is 12.2 Å². The van der Waals surface area contributed by atoms with E-state index < -0.39 is 0 Å². The molecule has 2 aromatic rings. The van der Waals surface area contributed by atoms with Crippen molar-refractivity contribution in [2.75, 3.05) is 13.1 Å². The number of aromatic nitrogens is 3. The largest absolute Gasteiger partial charge is 0.343 e. The number of hydrogen-bond acceptors (Lipinski definition) is 3. The van der Waals surface area contributed by atoms with Crippen LogP contribution < -0.4 is 0 Å². The number of hydrogen-bond donors (Lipinski definition) is 1. The standard InChI is InChI=1S/C17H22N4OS/c1-13-6-5-7-14(12-13)16-18-19-17(23)21(16)11-8-15(22)20-9-3-2-4-10-20/h5-7,12H,2-4,8-11H2,1H3,(H,19,23). The van der Waals surface area contributed by atoms with Gasteiger partial charge >= 0.3 is 0 Å². The first-order chi connectivity index (χ1) is 11.1. The van der Waals surface area contributed by atoms with Gasteiger partial charge in [0, 0.05) is 31.6 Å². The maximum Gasteiger partial charge on any atom is 0.224 e. The van der Waals surface area contributed by atoms with E-state index in [-0.39, 0.29) is 5.91 Å². The van der Waals surface area contributed by atoms with Crippen LogP contribution in [0, 0.1) is 11.7 Å². The summed E-state index contributed by atoms with van der Waals surface area (Å²) in [4.78, 5) is 14.3. The van der Waals surface area contributed by atoms with Gasteiger partial charge in [0.05, 0.1) is 0 Å². The Labute approximate surface area is 141 Å². The summed E-state index contributed by atoms with van der Waals surface area (Å²) in [6.07, 6.45) is 3.93. The van der Waals surface area contributed by atoms with Crippen LogP contribution in [0.25, 0.3) is 11.4 Å². The van der Waals surface area contributed by atoms with E-state index in [0.29, 0.717) is 17.7 Å². The van der Waals surface area contributed by atoms with Gasteiger partial charge in [-0.15, -0.1) is 0 Å². The lowest BCUT2D eigenvalue weighted by molar-refractivity contribution is -0.132. The lowest BCUT2D eigenvalue weighted by Crippen LogP contribution is -2.36. The normalized spacial score (nSPS) is 14.9. The van der Waals surface area contributed by atoms with E-state index >= 15 is 0 Å². The lowest BCUT2D eigenvalue weighted by atomic mass is 10.1. The Morgan fingerprint density at radius 1 is 1.30 bits per heavy atom. The van der Waals surface area contributed by atoms with E-state index in [4.69, 9.17) is 12.2 Å². The van der Waals surface area contributed by atoms with Crippen molar-refractivity contribution in [2.45, 2.75) is 39.2 Å². The van der Waals surface area contributed by atoms with Gasteiger partial charge in [-0.3, -0.25) is 14.5 Å². The quantitative estimate of drug-likeness (QED) is 0.875. The molecule has 0 aliphatic carbocycles. The monoisotopic (exact) mass is 330 g/mol. The molecule has 23 heavy (non-hydrogen) atoms. The zero-order valence-corrected chi connectivity index (χ0v) is 14.2. The molecule has 3 rings (SSSR count). The first-order valence-electron chi connectivity index (χ1n) is 8.15. The number of aryl methyl sites for hydroxylation is 1. The summed E-state index contributed by atoms with van der Waals surface area (Å²) < 4.78 is 2.49. The summed E-state index contributed by atoms with van der Waals surface area (Å²) in [7, 11) is 0. The van der Waals surface area contributed by atoms with Crippen LogP contribution in [-0.2, 0) is 11.3 Å². The predicted molar refractivity (Wildman–Crippen MR) is 92.6 cm³/mol. The van der Waals surface area contributed by atoms with E-state index in [0.717, 1.165) is 37.3 Å². The summed E-state index contributed by atoms with van der Waals surface area (Å²) in [6, 6.07) is 8.15. The number of rotatable bonds is 4. The molecule has 0 saturated carbocycles.